The van der Waals surface area contributed by atoms with E-state index in [0.717, 1.165) is 28.7 Å². The van der Waals surface area contributed by atoms with E-state index in [-0.39, 0.29) is 25.0 Å². The zero-order chi connectivity index (χ0) is 24.9. The summed E-state index contributed by atoms with van der Waals surface area (Å²) >= 11 is 0. The van der Waals surface area contributed by atoms with E-state index >= 15 is 0 Å². The van der Waals surface area contributed by atoms with Crippen LogP contribution >= 0.6 is 0 Å². The Morgan fingerprint density at radius 1 is 1.00 bits per heavy atom. The second-order valence-corrected chi connectivity index (χ2v) is 9.05. The molecule has 3 atom stereocenters. The van der Waals surface area contributed by atoms with Crippen LogP contribution in [0.5, 0.6) is 0 Å². The Labute approximate surface area is 201 Å². The number of nitrogens with one attached hydrogen (secondary N) is 2. The molecule has 0 radical (unpaired) electrons. The van der Waals surface area contributed by atoms with Gasteiger partial charge in [0, 0.05) is 12.5 Å². The lowest BCUT2D eigenvalue weighted by molar-refractivity contribution is -0.143. The summed E-state index contributed by atoms with van der Waals surface area (Å²) in [6.45, 7) is 0.0803. The van der Waals surface area contributed by atoms with Gasteiger partial charge in [0.05, 0.1) is 12.3 Å². The van der Waals surface area contributed by atoms with E-state index in [1.165, 1.54) is 0 Å². The number of fused-ring (bicyclic) bond motifs is 3. The van der Waals surface area contributed by atoms with Gasteiger partial charge in [-0.2, -0.15) is 0 Å². The lowest BCUT2D eigenvalue weighted by Gasteiger charge is -2.20. The SMILES string of the molecule is O=C(CC(NC(=O)OCC1c2ccccc2-c2ccccc21)C(F)F)NC[C@H]1CCC[C@H]1C(=O)O. The second-order valence-electron chi connectivity index (χ2n) is 9.05. The van der Waals surface area contributed by atoms with Crippen molar-refractivity contribution in [3.05, 3.63) is 59.7 Å². The molecule has 0 heterocycles. The van der Waals surface area contributed by atoms with Gasteiger partial charge in [-0.3, -0.25) is 9.59 Å². The summed E-state index contributed by atoms with van der Waals surface area (Å²) in [7, 11) is 0. The minimum absolute atomic E-state index is 0.0275. The average molecular weight is 487 g/mol. The van der Waals surface area contributed by atoms with Gasteiger partial charge in [0.25, 0.3) is 6.43 Å². The van der Waals surface area contributed by atoms with Gasteiger partial charge in [-0.05, 0) is 41.0 Å². The van der Waals surface area contributed by atoms with Gasteiger partial charge in [-0.15, -0.1) is 0 Å². The van der Waals surface area contributed by atoms with Crippen molar-refractivity contribution < 1.29 is 33.0 Å². The molecule has 7 nitrogen and oxygen atoms in total. The fraction of sp³-hybridized carbons (Fsp3) is 0.423. The normalized spacial score (nSPS) is 19.6. The van der Waals surface area contributed by atoms with Crippen LogP contribution in [0.1, 0.15) is 42.7 Å². The molecular weight excluding hydrogens is 458 g/mol. The summed E-state index contributed by atoms with van der Waals surface area (Å²) in [6.07, 6.45) is -2.68. The van der Waals surface area contributed by atoms with E-state index in [9.17, 15) is 28.3 Å². The lowest BCUT2D eigenvalue weighted by atomic mass is 9.96. The quantitative estimate of drug-likeness (QED) is 0.494. The highest BCUT2D eigenvalue weighted by atomic mass is 19.3. The van der Waals surface area contributed by atoms with Gasteiger partial charge in [0.15, 0.2) is 0 Å². The van der Waals surface area contributed by atoms with E-state index in [2.05, 4.69) is 10.6 Å². The fourth-order valence-corrected chi connectivity index (χ4v) is 5.12. The summed E-state index contributed by atoms with van der Waals surface area (Å²) in [5.41, 5.74) is 4.09. The number of amides is 2. The number of rotatable bonds is 9. The number of ether oxygens (including phenoxy) is 1. The predicted molar refractivity (Wildman–Crippen MR) is 124 cm³/mol. The van der Waals surface area contributed by atoms with Gasteiger partial charge in [0.2, 0.25) is 5.91 Å². The molecule has 3 N–H and O–H groups in total. The van der Waals surface area contributed by atoms with Crippen molar-refractivity contribution in [3.63, 3.8) is 0 Å². The smallest absolute Gasteiger partial charge is 0.407 e. The zero-order valence-corrected chi connectivity index (χ0v) is 19.1. The first-order chi connectivity index (χ1) is 16.8. The Kier molecular flexibility index (Phi) is 7.63. The largest absolute Gasteiger partial charge is 0.481 e. The fourth-order valence-electron chi connectivity index (χ4n) is 5.12. The van der Waals surface area contributed by atoms with Crippen LogP contribution < -0.4 is 10.6 Å². The van der Waals surface area contributed by atoms with E-state index < -0.39 is 42.8 Å². The molecule has 0 spiro atoms. The number of benzene rings is 2. The number of alkyl carbamates (subject to hydrolysis) is 1. The first-order valence-corrected chi connectivity index (χ1v) is 11.7. The number of hydrogen-bond acceptors (Lipinski definition) is 4. The maximum Gasteiger partial charge on any atom is 0.407 e. The maximum absolute atomic E-state index is 13.5. The molecule has 2 aliphatic carbocycles. The van der Waals surface area contributed by atoms with Gasteiger partial charge < -0.3 is 20.5 Å². The number of aliphatic carboxylic acids is 1. The van der Waals surface area contributed by atoms with Crippen LogP contribution in [-0.2, 0) is 14.3 Å². The molecule has 1 saturated carbocycles. The Hall–Kier alpha value is -3.49. The van der Waals surface area contributed by atoms with Gasteiger partial charge in [0.1, 0.15) is 12.6 Å². The van der Waals surface area contributed by atoms with Crippen molar-refractivity contribution in [3.8, 4) is 11.1 Å². The van der Waals surface area contributed by atoms with E-state index in [0.29, 0.717) is 12.8 Å². The summed E-state index contributed by atoms with van der Waals surface area (Å²) in [6, 6.07) is 13.8. The lowest BCUT2D eigenvalue weighted by Crippen LogP contribution is -2.44. The molecule has 2 amide bonds. The molecular formula is C26H28F2N2O5. The average Bonchev–Trinajstić information content (AvgIpc) is 3.44. The zero-order valence-electron chi connectivity index (χ0n) is 19.1. The number of alkyl halides is 2. The Bertz CT molecular complexity index is 1050. The van der Waals surface area contributed by atoms with Crippen molar-refractivity contribution in [1.29, 1.82) is 0 Å². The highest BCUT2D eigenvalue weighted by molar-refractivity contribution is 5.80. The number of hydrogen-bond donors (Lipinski definition) is 3. The second kappa shape index (κ2) is 10.8. The molecule has 2 aliphatic rings. The Morgan fingerprint density at radius 3 is 2.23 bits per heavy atom. The Balaban J connectivity index is 1.30. The first-order valence-electron chi connectivity index (χ1n) is 11.7. The van der Waals surface area contributed by atoms with Gasteiger partial charge >= 0.3 is 12.1 Å². The van der Waals surface area contributed by atoms with E-state index in [4.69, 9.17) is 4.74 Å². The van der Waals surface area contributed by atoms with Crippen LogP contribution in [-0.4, -0.2) is 48.7 Å². The first kappa shape index (κ1) is 24.6. The molecule has 0 aromatic heterocycles. The monoisotopic (exact) mass is 486 g/mol. The van der Waals surface area contributed by atoms with Crippen LogP contribution in [0, 0.1) is 11.8 Å². The highest BCUT2D eigenvalue weighted by Crippen LogP contribution is 2.44. The molecule has 1 fully saturated rings. The molecule has 0 bridgehead atoms. The van der Waals surface area contributed by atoms with Crippen molar-refractivity contribution >= 4 is 18.0 Å². The van der Waals surface area contributed by atoms with Crippen molar-refractivity contribution in [1.82, 2.24) is 10.6 Å². The molecule has 0 saturated heterocycles. The highest BCUT2D eigenvalue weighted by Gasteiger charge is 2.34. The number of halogens is 2. The number of carbonyl (C=O) groups is 3. The molecule has 9 heteroatoms. The molecule has 0 aliphatic heterocycles. The summed E-state index contributed by atoms with van der Waals surface area (Å²) in [5, 5.41) is 13.9. The minimum Gasteiger partial charge on any atom is -0.481 e. The van der Waals surface area contributed by atoms with Crippen LogP contribution in [0.4, 0.5) is 13.6 Å². The molecule has 1 unspecified atom stereocenters. The molecule has 4 rings (SSSR count). The van der Waals surface area contributed by atoms with E-state index in [1.807, 2.05) is 48.5 Å². The molecule has 2 aromatic carbocycles. The molecule has 2 aromatic rings. The predicted octanol–water partition coefficient (Wildman–Crippen LogP) is 4.17. The van der Waals surface area contributed by atoms with E-state index in [1.54, 1.807) is 0 Å². The van der Waals surface area contributed by atoms with Crippen LogP contribution in [0.2, 0.25) is 0 Å². The summed E-state index contributed by atoms with van der Waals surface area (Å²) < 4.78 is 32.4. The van der Waals surface area contributed by atoms with Crippen molar-refractivity contribution in [2.45, 2.75) is 44.1 Å². The Morgan fingerprint density at radius 2 is 1.63 bits per heavy atom. The topological polar surface area (TPSA) is 105 Å². The third kappa shape index (κ3) is 5.61. The number of carbonyl (C=O) groups excluding carboxylic acids is 2. The summed E-state index contributed by atoms with van der Waals surface area (Å²) in [5.74, 6) is -2.57. The van der Waals surface area contributed by atoms with Crippen molar-refractivity contribution in [2.24, 2.45) is 11.8 Å². The number of carboxylic acid groups (broad SMARTS) is 1. The van der Waals surface area contributed by atoms with Gasteiger partial charge in [-0.1, -0.05) is 55.0 Å². The van der Waals surface area contributed by atoms with Crippen LogP contribution in [0.3, 0.4) is 0 Å². The third-order valence-corrected chi connectivity index (χ3v) is 6.89. The molecule has 186 valence electrons. The third-order valence-electron chi connectivity index (χ3n) is 6.89. The maximum atomic E-state index is 13.5. The number of carboxylic acids is 1. The van der Waals surface area contributed by atoms with Gasteiger partial charge in [-0.25, -0.2) is 13.6 Å². The molecule has 35 heavy (non-hydrogen) atoms. The van der Waals surface area contributed by atoms with Crippen molar-refractivity contribution in [2.75, 3.05) is 13.2 Å². The van der Waals surface area contributed by atoms with Crippen LogP contribution in [0.25, 0.3) is 11.1 Å². The standard InChI is InChI=1S/C26H28F2N2O5/c27-24(28)22(12-23(31)29-13-15-6-5-11-16(15)25(32)33)30-26(34)35-14-21-19-9-3-1-7-17(19)18-8-2-4-10-20(18)21/h1-4,7-10,15-16,21-22,24H,5-6,11-14H2,(H,29,31)(H,30,34)(H,32,33)/t15-,16-,22?/m1/s1. The summed E-state index contributed by atoms with van der Waals surface area (Å²) in [4.78, 5) is 35.8. The minimum atomic E-state index is -2.97. The van der Waals surface area contributed by atoms with Crippen LogP contribution in [0.15, 0.2) is 48.5 Å².